The Labute approximate surface area is 183 Å². The second-order valence-electron chi connectivity index (χ2n) is 7.69. The van der Waals surface area contributed by atoms with E-state index in [4.69, 9.17) is 9.15 Å². The lowest BCUT2D eigenvalue weighted by molar-refractivity contribution is 0.0728. The van der Waals surface area contributed by atoms with Gasteiger partial charge in [0.25, 0.3) is 5.91 Å². The van der Waals surface area contributed by atoms with E-state index >= 15 is 0 Å². The second-order valence-corrected chi connectivity index (χ2v) is 7.69. The molecule has 0 aliphatic carbocycles. The number of hydrogen-bond acceptors (Lipinski definition) is 4. The molecule has 0 fully saturated rings. The van der Waals surface area contributed by atoms with Gasteiger partial charge in [-0.15, -0.1) is 0 Å². The number of ether oxygens (including phenoxy) is 1. The smallest absolute Gasteiger partial charge is 0.290 e. The molecule has 1 aliphatic rings. The van der Waals surface area contributed by atoms with Crippen LogP contribution in [0.2, 0.25) is 0 Å². The molecule has 1 aliphatic heterocycles. The summed E-state index contributed by atoms with van der Waals surface area (Å²) in [6.45, 7) is 0.296. The Balaban J connectivity index is 1.60. The van der Waals surface area contributed by atoms with Gasteiger partial charge in [-0.1, -0.05) is 42.5 Å². The first kappa shape index (κ1) is 20.0. The average molecular weight is 429 g/mol. The van der Waals surface area contributed by atoms with Crippen LogP contribution in [0.3, 0.4) is 0 Å². The highest BCUT2D eigenvalue weighted by molar-refractivity contribution is 5.99. The molecule has 32 heavy (non-hydrogen) atoms. The van der Waals surface area contributed by atoms with Gasteiger partial charge < -0.3 is 14.1 Å². The van der Waals surface area contributed by atoms with Crippen LogP contribution in [-0.4, -0.2) is 24.5 Å². The molecule has 1 aromatic heterocycles. The van der Waals surface area contributed by atoms with Crippen LogP contribution in [0, 0.1) is 5.82 Å². The zero-order chi connectivity index (χ0) is 22.2. The fraction of sp³-hybridized carbons (Fsp3) is 0.154. The minimum Gasteiger partial charge on any atom is -0.497 e. The monoisotopic (exact) mass is 429 g/mol. The number of benzene rings is 3. The van der Waals surface area contributed by atoms with E-state index in [9.17, 15) is 14.0 Å². The number of hydrogen-bond donors (Lipinski definition) is 0. The van der Waals surface area contributed by atoms with Crippen LogP contribution in [0.15, 0.2) is 82.0 Å². The maximum atomic E-state index is 14.8. The van der Waals surface area contributed by atoms with Gasteiger partial charge in [-0.3, -0.25) is 9.59 Å². The summed E-state index contributed by atoms with van der Waals surface area (Å²) in [5.41, 5.74) is 1.49. The number of nitrogens with zero attached hydrogens (tertiary/aromatic N) is 1. The highest BCUT2D eigenvalue weighted by atomic mass is 19.1. The molecular formula is C26H20FNO4. The molecule has 3 aromatic carbocycles. The summed E-state index contributed by atoms with van der Waals surface area (Å²) in [7, 11) is 1.60. The molecule has 1 atom stereocenters. The number of amides is 1. The van der Waals surface area contributed by atoms with Crippen molar-refractivity contribution in [2.45, 2.75) is 12.5 Å². The van der Waals surface area contributed by atoms with E-state index in [0.717, 1.165) is 11.3 Å². The molecular weight excluding hydrogens is 409 g/mol. The molecule has 0 unspecified atom stereocenters. The fourth-order valence-electron chi connectivity index (χ4n) is 4.26. The minimum atomic E-state index is -0.849. The third-order valence-electron chi connectivity index (χ3n) is 5.87. The number of methoxy groups -OCH3 is 1. The maximum absolute atomic E-state index is 14.8. The summed E-state index contributed by atoms with van der Waals surface area (Å²) in [4.78, 5) is 28.3. The molecule has 0 N–H and O–H groups in total. The van der Waals surface area contributed by atoms with Crippen LogP contribution >= 0.6 is 0 Å². The number of halogens is 1. The van der Waals surface area contributed by atoms with E-state index in [1.165, 1.54) is 11.0 Å². The summed E-state index contributed by atoms with van der Waals surface area (Å²) in [5, 5.41) is 0.373. The summed E-state index contributed by atoms with van der Waals surface area (Å²) < 4.78 is 25.9. The Bertz CT molecular complexity index is 1380. The predicted octanol–water partition coefficient (Wildman–Crippen LogP) is 4.73. The van der Waals surface area contributed by atoms with Gasteiger partial charge in [0.15, 0.2) is 5.43 Å². The number of para-hydroxylation sites is 1. The van der Waals surface area contributed by atoms with Crippen LogP contribution in [0.1, 0.15) is 33.3 Å². The number of carbonyl (C=O) groups is 1. The molecule has 5 nitrogen and oxygen atoms in total. The van der Waals surface area contributed by atoms with Crippen LogP contribution < -0.4 is 10.2 Å². The van der Waals surface area contributed by atoms with Gasteiger partial charge in [0.2, 0.25) is 5.76 Å². The first-order valence-corrected chi connectivity index (χ1v) is 10.3. The molecule has 0 bridgehead atoms. The highest BCUT2D eigenvalue weighted by Crippen LogP contribution is 2.39. The Morgan fingerprint density at radius 3 is 2.44 bits per heavy atom. The zero-order valence-electron chi connectivity index (χ0n) is 17.4. The van der Waals surface area contributed by atoms with Crippen molar-refractivity contribution >= 4 is 16.9 Å². The summed E-state index contributed by atoms with van der Waals surface area (Å²) in [6, 6.07) is 19.7. The standard InChI is InChI=1S/C26H20FNO4/c1-31-17-12-10-16(11-13-17)14-15-28-23(18-6-2-4-8-20(18)27)22-24(29)19-7-3-5-9-21(19)32-25(22)26(28)30/h2-13,23H,14-15H2,1H3/t23-/m0/s1. The lowest BCUT2D eigenvalue weighted by atomic mass is 9.98. The van der Waals surface area contributed by atoms with E-state index in [2.05, 4.69) is 0 Å². The molecule has 4 aromatic rings. The quantitative estimate of drug-likeness (QED) is 0.460. The third-order valence-corrected chi connectivity index (χ3v) is 5.87. The lowest BCUT2D eigenvalue weighted by Crippen LogP contribution is -2.32. The van der Waals surface area contributed by atoms with Gasteiger partial charge in [-0.2, -0.15) is 0 Å². The first-order chi connectivity index (χ1) is 15.6. The molecule has 0 spiro atoms. The van der Waals surface area contributed by atoms with E-state index in [1.54, 1.807) is 49.6 Å². The molecule has 160 valence electrons. The molecule has 0 saturated heterocycles. The molecule has 1 amide bonds. The molecule has 0 radical (unpaired) electrons. The van der Waals surface area contributed by atoms with Gasteiger partial charge in [-0.25, -0.2) is 4.39 Å². The van der Waals surface area contributed by atoms with Gasteiger partial charge in [0.1, 0.15) is 17.1 Å². The summed E-state index contributed by atoms with van der Waals surface area (Å²) in [6.07, 6.45) is 0.530. The Kier molecular flexibility index (Phi) is 4.98. The van der Waals surface area contributed by atoms with Crippen molar-refractivity contribution in [1.82, 2.24) is 4.90 Å². The van der Waals surface area contributed by atoms with Gasteiger partial charge in [0.05, 0.1) is 24.1 Å². The average Bonchev–Trinajstić information content (AvgIpc) is 3.10. The molecule has 5 rings (SSSR count). The number of rotatable bonds is 5. The van der Waals surface area contributed by atoms with Crippen molar-refractivity contribution in [3.63, 3.8) is 0 Å². The highest BCUT2D eigenvalue weighted by Gasteiger charge is 2.43. The maximum Gasteiger partial charge on any atom is 0.290 e. The van der Waals surface area contributed by atoms with Crippen molar-refractivity contribution in [3.8, 4) is 5.75 Å². The summed E-state index contributed by atoms with van der Waals surface area (Å²) in [5.74, 6) is -0.161. The lowest BCUT2D eigenvalue weighted by Gasteiger charge is -2.25. The van der Waals surface area contributed by atoms with Crippen molar-refractivity contribution in [2.24, 2.45) is 0 Å². The zero-order valence-corrected chi connectivity index (χ0v) is 17.4. The van der Waals surface area contributed by atoms with Crippen LogP contribution in [-0.2, 0) is 6.42 Å². The van der Waals surface area contributed by atoms with Crippen molar-refractivity contribution in [2.75, 3.05) is 13.7 Å². The van der Waals surface area contributed by atoms with Gasteiger partial charge >= 0.3 is 0 Å². The molecule has 2 heterocycles. The van der Waals surface area contributed by atoms with Crippen LogP contribution in [0.25, 0.3) is 11.0 Å². The van der Waals surface area contributed by atoms with Gasteiger partial charge in [0, 0.05) is 12.1 Å². The van der Waals surface area contributed by atoms with Crippen molar-refractivity contribution in [1.29, 1.82) is 0 Å². The summed E-state index contributed by atoms with van der Waals surface area (Å²) >= 11 is 0. The van der Waals surface area contributed by atoms with E-state index in [1.807, 2.05) is 24.3 Å². The SMILES string of the molecule is COc1ccc(CCN2C(=O)c3oc4ccccc4c(=O)c3[C@@H]2c2ccccc2F)cc1. The normalized spacial score (nSPS) is 15.2. The fourth-order valence-corrected chi connectivity index (χ4v) is 4.26. The van der Waals surface area contributed by atoms with E-state index < -0.39 is 17.8 Å². The van der Waals surface area contributed by atoms with E-state index in [-0.39, 0.29) is 22.3 Å². The number of fused-ring (bicyclic) bond motifs is 2. The Morgan fingerprint density at radius 2 is 1.69 bits per heavy atom. The second kappa shape index (κ2) is 7.96. The topological polar surface area (TPSA) is 59.8 Å². The van der Waals surface area contributed by atoms with Crippen LogP contribution in [0.5, 0.6) is 5.75 Å². The Morgan fingerprint density at radius 1 is 0.969 bits per heavy atom. The Hall–Kier alpha value is -3.93. The minimum absolute atomic E-state index is 0.0170. The van der Waals surface area contributed by atoms with Crippen molar-refractivity contribution < 1.29 is 18.3 Å². The first-order valence-electron chi connectivity index (χ1n) is 10.3. The van der Waals surface area contributed by atoms with Gasteiger partial charge in [-0.05, 0) is 42.3 Å². The number of carbonyl (C=O) groups excluding carboxylic acids is 1. The molecule has 6 heteroatoms. The largest absolute Gasteiger partial charge is 0.497 e. The third kappa shape index (κ3) is 3.24. The van der Waals surface area contributed by atoms with Crippen LogP contribution in [0.4, 0.5) is 4.39 Å². The molecule has 0 saturated carbocycles. The van der Waals surface area contributed by atoms with E-state index in [0.29, 0.717) is 23.9 Å². The van der Waals surface area contributed by atoms with Crippen molar-refractivity contribution in [3.05, 3.63) is 111 Å². The predicted molar refractivity (Wildman–Crippen MR) is 118 cm³/mol.